The molecule has 1 fully saturated rings. The van der Waals surface area contributed by atoms with Gasteiger partial charge in [-0.05, 0) is 13.8 Å². The molecule has 2 heterocycles. The minimum atomic E-state index is -0.258. The van der Waals surface area contributed by atoms with Crippen LogP contribution in [0.3, 0.4) is 0 Å². The Labute approximate surface area is 76.4 Å². The second kappa shape index (κ2) is 2.92. The van der Waals surface area contributed by atoms with Crippen molar-refractivity contribution in [1.82, 2.24) is 14.9 Å². The summed E-state index contributed by atoms with van der Waals surface area (Å²) in [7, 11) is 0. The van der Waals surface area contributed by atoms with Crippen molar-refractivity contribution in [1.29, 1.82) is 0 Å². The lowest BCUT2D eigenvalue weighted by molar-refractivity contribution is 0.0678. The van der Waals surface area contributed by atoms with Crippen LogP contribution in [-0.4, -0.2) is 32.8 Å². The van der Waals surface area contributed by atoms with E-state index in [1.807, 2.05) is 13.8 Å². The van der Waals surface area contributed by atoms with Crippen LogP contribution in [0, 0.1) is 0 Å². The Morgan fingerprint density at radius 2 is 2.46 bits per heavy atom. The molecule has 5 nitrogen and oxygen atoms in total. The monoisotopic (exact) mass is 180 g/mol. The number of rotatable bonds is 1. The first kappa shape index (κ1) is 8.37. The van der Waals surface area contributed by atoms with E-state index in [-0.39, 0.29) is 5.60 Å². The van der Waals surface area contributed by atoms with Gasteiger partial charge in [-0.25, -0.2) is 4.98 Å². The van der Waals surface area contributed by atoms with E-state index in [4.69, 9.17) is 4.74 Å². The maximum Gasteiger partial charge on any atom is 0.139 e. The van der Waals surface area contributed by atoms with Crippen molar-refractivity contribution in [2.75, 3.05) is 6.61 Å². The third kappa shape index (κ3) is 1.60. The van der Waals surface area contributed by atoms with Crippen LogP contribution in [0.4, 0.5) is 0 Å². The molecule has 0 bridgehead atoms. The highest BCUT2D eigenvalue weighted by molar-refractivity contribution is 5.93. The summed E-state index contributed by atoms with van der Waals surface area (Å²) in [4.78, 5) is 5.28. The maximum absolute atomic E-state index is 5.51. The molecule has 2 rings (SSSR count). The Hall–Kier alpha value is -1.23. The van der Waals surface area contributed by atoms with Crippen LogP contribution < -0.4 is 0 Å². The first-order valence-electron chi connectivity index (χ1n) is 4.25. The van der Waals surface area contributed by atoms with Gasteiger partial charge in [-0.3, -0.25) is 0 Å². The Morgan fingerprint density at radius 3 is 3.00 bits per heavy atom. The van der Waals surface area contributed by atoms with E-state index >= 15 is 0 Å². The predicted octanol–water partition coefficient (Wildman–Crippen LogP) is 0.681. The van der Waals surface area contributed by atoms with E-state index in [2.05, 4.69) is 15.2 Å². The van der Waals surface area contributed by atoms with Crippen molar-refractivity contribution in [3.8, 4) is 0 Å². The number of hydrogen-bond acceptors (Lipinski definition) is 4. The molecule has 1 saturated heterocycles. The zero-order chi connectivity index (χ0) is 9.31. The molecule has 13 heavy (non-hydrogen) atoms. The molecule has 0 radical (unpaired) electrons. The molecule has 1 aliphatic rings. The molecule has 1 aromatic heterocycles. The summed E-state index contributed by atoms with van der Waals surface area (Å²) in [6, 6.07) is 0. The maximum atomic E-state index is 5.51. The number of ether oxygens (including phenoxy) is 1. The molecular formula is C8H12N4O. The standard InChI is InChI=1S/C8H12N4O/c1-8(2)7(3-4-13-8)11-12-6-9-5-10-12/h5-6H,3-4H2,1-2H3/b11-7-. The zero-order valence-electron chi connectivity index (χ0n) is 7.77. The normalized spacial score (nSPS) is 24.0. The highest BCUT2D eigenvalue weighted by Gasteiger charge is 2.31. The van der Waals surface area contributed by atoms with Crippen LogP contribution in [0.5, 0.6) is 0 Å². The van der Waals surface area contributed by atoms with Gasteiger partial charge in [0.1, 0.15) is 18.3 Å². The Morgan fingerprint density at radius 1 is 1.62 bits per heavy atom. The third-order valence-electron chi connectivity index (χ3n) is 2.13. The Kier molecular flexibility index (Phi) is 1.88. The van der Waals surface area contributed by atoms with Gasteiger partial charge in [-0.15, -0.1) is 9.89 Å². The van der Waals surface area contributed by atoms with Gasteiger partial charge in [-0.2, -0.15) is 5.10 Å². The van der Waals surface area contributed by atoms with Crippen molar-refractivity contribution >= 4 is 5.71 Å². The van der Waals surface area contributed by atoms with Crippen molar-refractivity contribution in [3.05, 3.63) is 12.7 Å². The highest BCUT2D eigenvalue weighted by Crippen LogP contribution is 2.21. The van der Waals surface area contributed by atoms with Crippen LogP contribution >= 0.6 is 0 Å². The lowest BCUT2D eigenvalue weighted by atomic mass is 10.0. The van der Waals surface area contributed by atoms with Gasteiger partial charge in [0.15, 0.2) is 0 Å². The summed E-state index contributed by atoms with van der Waals surface area (Å²) in [5.41, 5.74) is 0.754. The van der Waals surface area contributed by atoms with Crippen LogP contribution in [0.1, 0.15) is 20.3 Å². The second-order valence-electron chi connectivity index (χ2n) is 3.47. The second-order valence-corrected chi connectivity index (χ2v) is 3.47. The topological polar surface area (TPSA) is 52.3 Å². The summed E-state index contributed by atoms with van der Waals surface area (Å²) >= 11 is 0. The van der Waals surface area contributed by atoms with E-state index in [9.17, 15) is 0 Å². The van der Waals surface area contributed by atoms with Crippen LogP contribution in [0.15, 0.2) is 17.8 Å². The molecule has 1 aromatic rings. The SMILES string of the molecule is CC1(C)OCC/C1=N/n1cncn1. The van der Waals surface area contributed by atoms with Crippen molar-refractivity contribution in [3.63, 3.8) is 0 Å². The van der Waals surface area contributed by atoms with Crippen LogP contribution in [-0.2, 0) is 4.74 Å². The van der Waals surface area contributed by atoms with E-state index in [1.54, 1.807) is 6.33 Å². The molecule has 0 spiro atoms. The minimum absolute atomic E-state index is 0.258. The summed E-state index contributed by atoms with van der Waals surface area (Å²) in [5.74, 6) is 0. The number of aromatic nitrogens is 3. The molecule has 70 valence electrons. The van der Waals surface area contributed by atoms with Gasteiger partial charge in [0.25, 0.3) is 0 Å². The van der Waals surface area contributed by atoms with Gasteiger partial charge in [-0.1, -0.05) is 0 Å². The van der Waals surface area contributed by atoms with Crippen molar-refractivity contribution in [2.45, 2.75) is 25.9 Å². The van der Waals surface area contributed by atoms with E-state index in [0.29, 0.717) is 0 Å². The molecule has 0 amide bonds. The lowest BCUT2D eigenvalue weighted by Crippen LogP contribution is -2.28. The number of nitrogens with zero attached hydrogens (tertiary/aromatic N) is 4. The molecular weight excluding hydrogens is 168 g/mol. The molecule has 0 N–H and O–H groups in total. The fraction of sp³-hybridized carbons (Fsp3) is 0.625. The predicted molar refractivity (Wildman–Crippen MR) is 47.5 cm³/mol. The average Bonchev–Trinajstić information content (AvgIpc) is 2.63. The quantitative estimate of drug-likeness (QED) is 0.638. The van der Waals surface area contributed by atoms with Crippen LogP contribution in [0.2, 0.25) is 0 Å². The Balaban J connectivity index is 2.26. The van der Waals surface area contributed by atoms with Crippen molar-refractivity contribution < 1.29 is 4.74 Å². The Bertz CT molecular complexity index is 315. The van der Waals surface area contributed by atoms with E-state index in [0.717, 1.165) is 18.7 Å². The first-order chi connectivity index (χ1) is 6.18. The zero-order valence-corrected chi connectivity index (χ0v) is 7.77. The fourth-order valence-corrected chi connectivity index (χ4v) is 1.33. The van der Waals surface area contributed by atoms with Crippen molar-refractivity contribution in [2.24, 2.45) is 5.10 Å². The summed E-state index contributed by atoms with van der Waals surface area (Å²) in [6.45, 7) is 4.76. The van der Waals surface area contributed by atoms with Crippen LogP contribution in [0.25, 0.3) is 0 Å². The number of hydrogen-bond donors (Lipinski definition) is 0. The molecule has 0 atom stereocenters. The lowest BCUT2D eigenvalue weighted by Gasteiger charge is -2.16. The molecule has 0 saturated carbocycles. The van der Waals surface area contributed by atoms with Gasteiger partial charge in [0, 0.05) is 6.42 Å². The molecule has 0 aromatic carbocycles. The summed E-state index contributed by atoms with van der Waals surface area (Å²) < 4.78 is 5.51. The molecule has 1 aliphatic heterocycles. The molecule has 5 heteroatoms. The highest BCUT2D eigenvalue weighted by atomic mass is 16.5. The average molecular weight is 180 g/mol. The van der Waals surface area contributed by atoms with Gasteiger partial charge >= 0.3 is 0 Å². The van der Waals surface area contributed by atoms with Gasteiger partial charge < -0.3 is 4.74 Å². The van der Waals surface area contributed by atoms with Gasteiger partial charge in [0.2, 0.25) is 0 Å². The van der Waals surface area contributed by atoms with E-state index in [1.165, 1.54) is 11.1 Å². The summed E-state index contributed by atoms with van der Waals surface area (Å²) in [6.07, 6.45) is 3.90. The van der Waals surface area contributed by atoms with E-state index < -0.39 is 0 Å². The molecule has 0 unspecified atom stereocenters. The minimum Gasteiger partial charge on any atom is -0.369 e. The largest absolute Gasteiger partial charge is 0.369 e. The fourth-order valence-electron chi connectivity index (χ4n) is 1.33. The van der Waals surface area contributed by atoms with Gasteiger partial charge in [0.05, 0.1) is 12.3 Å². The summed E-state index contributed by atoms with van der Waals surface area (Å²) in [5, 5.41) is 8.21. The first-order valence-corrected chi connectivity index (χ1v) is 4.25. The molecule has 0 aliphatic carbocycles. The smallest absolute Gasteiger partial charge is 0.139 e. The third-order valence-corrected chi connectivity index (χ3v) is 2.13.